The predicted octanol–water partition coefficient (Wildman–Crippen LogP) is 3.97. The Kier molecular flexibility index (Phi) is 5.32. The summed E-state index contributed by atoms with van der Waals surface area (Å²) in [7, 11) is 3.22. The smallest absolute Gasteiger partial charge is 0.293 e. The Morgan fingerprint density at radius 1 is 1.24 bits per heavy atom. The topological polar surface area (TPSA) is 72.3 Å². The van der Waals surface area contributed by atoms with Gasteiger partial charge in [0.2, 0.25) is 5.95 Å². The van der Waals surface area contributed by atoms with Crippen LogP contribution in [0.5, 0.6) is 5.75 Å². The zero-order chi connectivity index (χ0) is 20.5. The molecule has 1 fully saturated rings. The lowest BCUT2D eigenvalue weighted by Gasteiger charge is -2.30. The molecule has 0 atom stereocenters. The Bertz CT molecular complexity index is 1110. The lowest BCUT2D eigenvalue weighted by atomic mass is 10.00. The Labute approximate surface area is 174 Å². The number of piperidine rings is 1. The molecule has 4 rings (SSSR count). The summed E-state index contributed by atoms with van der Waals surface area (Å²) in [5, 5.41) is 4.62. The number of benzene rings is 1. The van der Waals surface area contributed by atoms with E-state index >= 15 is 0 Å². The highest BCUT2D eigenvalue weighted by Gasteiger charge is 2.19. The summed E-state index contributed by atoms with van der Waals surface area (Å²) in [6.07, 6.45) is 3.91. The highest BCUT2D eigenvalue weighted by atomic mass is 35.5. The van der Waals surface area contributed by atoms with Gasteiger partial charge in [-0.2, -0.15) is 4.98 Å². The van der Waals surface area contributed by atoms with Crippen molar-refractivity contribution in [1.29, 1.82) is 0 Å². The number of hydrogen-bond acceptors (Lipinski definition) is 6. The molecule has 3 aromatic rings. The summed E-state index contributed by atoms with van der Waals surface area (Å²) in [4.78, 5) is 23.5. The first-order chi connectivity index (χ1) is 14.0. The fourth-order valence-electron chi connectivity index (χ4n) is 3.62. The molecule has 1 aliphatic heterocycles. The van der Waals surface area contributed by atoms with E-state index in [9.17, 15) is 4.79 Å². The average molecular weight is 414 g/mol. The van der Waals surface area contributed by atoms with Crippen LogP contribution in [-0.4, -0.2) is 34.7 Å². The third kappa shape index (κ3) is 3.87. The van der Waals surface area contributed by atoms with E-state index in [0.717, 1.165) is 48.4 Å². The molecule has 0 bridgehead atoms. The van der Waals surface area contributed by atoms with Gasteiger partial charge in [-0.1, -0.05) is 18.5 Å². The predicted molar refractivity (Wildman–Crippen MR) is 117 cm³/mol. The van der Waals surface area contributed by atoms with Crippen molar-refractivity contribution in [3.8, 4) is 5.75 Å². The second kappa shape index (κ2) is 7.91. The van der Waals surface area contributed by atoms with E-state index in [-0.39, 0.29) is 5.56 Å². The number of aryl methyl sites for hydroxylation is 1. The highest BCUT2D eigenvalue weighted by Crippen LogP contribution is 2.28. The van der Waals surface area contributed by atoms with Crippen LogP contribution in [0.4, 0.5) is 17.5 Å². The molecule has 1 N–H and O–H groups in total. The van der Waals surface area contributed by atoms with E-state index in [2.05, 4.69) is 27.1 Å². The number of anilines is 3. The molecule has 3 heterocycles. The van der Waals surface area contributed by atoms with Gasteiger partial charge in [0.15, 0.2) is 11.6 Å². The summed E-state index contributed by atoms with van der Waals surface area (Å²) in [6.45, 7) is 4.18. The first-order valence-electron chi connectivity index (χ1n) is 9.68. The SMILES string of the molecule is COc1cc2cc(Nc3nc(N4CCC(C)CC4)ncc3Cl)ccc2n(C)c1=O. The molecule has 1 saturated heterocycles. The van der Waals surface area contributed by atoms with Crippen molar-refractivity contribution in [2.45, 2.75) is 19.8 Å². The number of fused-ring (bicyclic) bond motifs is 1. The van der Waals surface area contributed by atoms with Crippen molar-refractivity contribution >= 4 is 40.0 Å². The number of ether oxygens (including phenoxy) is 1. The van der Waals surface area contributed by atoms with Crippen LogP contribution in [0, 0.1) is 5.92 Å². The van der Waals surface area contributed by atoms with Gasteiger partial charge in [-0.05, 0) is 43.0 Å². The number of rotatable bonds is 4. The summed E-state index contributed by atoms with van der Waals surface area (Å²) in [6, 6.07) is 7.47. The van der Waals surface area contributed by atoms with Gasteiger partial charge >= 0.3 is 0 Å². The van der Waals surface area contributed by atoms with E-state index < -0.39 is 0 Å². The van der Waals surface area contributed by atoms with Crippen molar-refractivity contribution in [2.75, 3.05) is 30.4 Å². The molecule has 1 aliphatic rings. The average Bonchev–Trinajstić information content (AvgIpc) is 2.73. The first-order valence-corrected chi connectivity index (χ1v) is 10.1. The molecule has 0 unspecified atom stereocenters. The number of halogens is 1. The van der Waals surface area contributed by atoms with E-state index in [0.29, 0.717) is 22.5 Å². The van der Waals surface area contributed by atoms with Gasteiger partial charge in [0.25, 0.3) is 5.56 Å². The fraction of sp³-hybridized carbons (Fsp3) is 0.381. The number of nitrogens with one attached hydrogen (secondary N) is 1. The molecule has 152 valence electrons. The molecule has 8 heteroatoms. The van der Waals surface area contributed by atoms with Crippen LogP contribution >= 0.6 is 11.6 Å². The highest BCUT2D eigenvalue weighted by molar-refractivity contribution is 6.32. The molecule has 0 spiro atoms. The molecular weight excluding hydrogens is 390 g/mol. The van der Waals surface area contributed by atoms with Gasteiger partial charge in [-0.15, -0.1) is 0 Å². The van der Waals surface area contributed by atoms with Crippen LogP contribution in [-0.2, 0) is 7.05 Å². The van der Waals surface area contributed by atoms with Gasteiger partial charge in [-0.3, -0.25) is 4.79 Å². The standard InChI is InChI=1S/C21H24ClN5O2/c1-13-6-8-27(9-7-13)21-23-12-16(22)19(25-21)24-15-4-5-17-14(10-15)11-18(29-3)20(28)26(17)2/h4-5,10-13H,6-9H2,1-3H3,(H,23,24,25). The zero-order valence-electron chi connectivity index (χ0n) is 16.8. The Morgan fingerprint density at radius 3 is 2.72 bits per heavy atom. The maximum absolute atomic E-state index is 12.2. The molecule has 0 amide bonds. The van der Waals surface area contributed by atoms with Crippen LogP contribution in [0.1, 0.15) is 19.8 Å². The van der Waals surface area contributed by atoms with Gasteiger partial charge in [0, 0.05) is 31.2 Å². The summed E-state index contributed by atoms with van der Waals surface area (Å²) in [5.41, 5.74) is 1.47. The van der Waals surface area contributed by atoms with Crippen LogP contribution in [0.15, 0.2) is 35.3 Å². The van der Waals surface area contributed by atoms with E-state index in [1.807, 2.05) is 18.2 Å². The molecule has 1 aromatic carbocycles. The van der Waals surface area contributed by atoms with Gasteiger partial charge in [-0.25, -0.2) is 4.98 Å². The first kappa shape index (κ1) is 19.5. The normalized spacial score (nSPS) is 15.0. The van der Waals surface area contributed by atoms with Crippen LogP contribution in [0.3, 0.4) is 0 Å². The number of pyridine rings is 1. The maximum atomic E-state index is 12.2. The fourth-order valence-corrected chi connectivity index (χ4v) is 3.76. The van der Waals surface area contributed by atoms with Crippen molar-refractivity contribution in [1.82, 2.24) is 14.5 Å². The minimum Gasteiger partial charge on any atom is -0.491 e. The summed E-state index contributed by atoms with van der Waals surface area (Å²) < 4.78 is 6.78. The lowest BCUT2D eigenvalue weighted by Crippen LogP contribution is -2.34. The monoisotopic (exact) mass is 413 g/mol. The zero-order valence-corrected chi connectivity index (χ0v) is 17.5. The molecular formula is C21H24ClN5O2. The Hall–Kier alpha value is -2.80. The molecule has 2 aromatic heterocycles. The summed E-state index contributed by atoms with van der Waals surface area (Å²) >= 11 is 6.35. The van der Waals surface area contributed by atoms with Gasteiger partial charge < -0.3 is 19.5 Å². The van der Waals surface area contributed by atoms with Crippen LogP contribution in [0.25, 0.3) is 10.9 Å². The largest absolute Gasteiger partial charge is 0.491 e. The van der Waals surface area contributed by atoms with Crippen LogP contribution < -0.4 is 20.5 Å². The molecule has 29 heavy (non-hydrogen) atoms. The Balaban J connectivity index is 1.65. The van der Waals surface area contributed by atoms with Crippen molar-refractivity contribution < 1.29 is 4.74 Å². The second-order valence-electron chi connectivity index (χ2n) is 7.51. The molecule has 0 saturated carbocycles. The van der Waals surface area contributed by atoms with E-state index in [4.69, 9.17) is 16.3 Å². The maximum Gasteiger partial charge on any atom is 0.293 e. The van der Waals surface area contributed by atoms with Crippen molar-refractivity contribution in [3.05, 3.63) is 45.8 Å². The number of methoxy groups -OCH3 is 1. The van der Waals surface area contributed by atoms with E-state index in [1.54, 1.807) is 23.9 Å². The van der Waals surface area contributed by atoms with Gasteiger partial charge in [0.1, 0.15) is 5.02 Å². The van der Waals surface area contributed by atoms with Gasteiger partial charge in [0.05, 0.1) is 18.8 Å². The third-order valence-electron chi connectivity index (χ3n) is 5.47. The number of nitrogens with zero attached hydrogens (tertiary/aromatic N) is 4. The Morgan fingerprint density at radius 2 is 2.00 bits per heavy atom. The third-order valence-corrected chi connectivity index (χ3v) is 5.75. The lowest BCUT2D eigenvalue weighted by molar-refractivity contribution is 0.406. The van der Waals surface area contributed by atoms with Crippen molar-refractivity contribution in [3.63, 3.8) is 0 Å². The molecule has 7 nitrogen and oxygen atoms in total. The minimum atomic E-state index is -0.167. The molecule has 0 radical (unpaired) electrons. The summed E-state index contributed by atoms with van der Waals surface area (Å²) in [5.74, 6) is 2.29. The second-order valence-corrected chi connectivity index (χ2v) is 7.92. The van der Waals surface area contributed by atoms with Crippen LogP contribution in [0.2, 0.25) is 5.02 Å². The minimum absolute atomic E-state index is 0.167. The van der Waals surface area contributed by atoms with E-state index in [1.165, 1.54) is 7.11 Å². The van der Waals surface area contributed by atoms with Crippen molar-refractivity contribution in [2.24, 2.45) is 13.0 Å². The number of aromatic nitrogens is 3. The number of hydrogen-bond donors (Lipinski definition) is 1. The molecule has 0 aliphatic carbocycles. The quantitative estimate of drug-likeness (QED) is 0.697.